The van der Waals surface area contributed by atoms with Gasteiger partial charge in [0.25, 0.3) is 0 Å². The van der Waals surface area contributed by atoms with Gasteiger partial charge in [-0.25, -0.2) is 0 Å². The Kier molecular flexibility index (Phi) is 5.07. The summed E-state index contributed by atoms with van der Waals surface area (Å²) in [5.41, 5.74) is 1.01. The predicted molar refractivity (Wildman–Crippen MR) is 58.2 cm³/mol. The van der Waals surface area contributed by atoms with E-state index in [1.165, 1.54) is 6.92 Å². The van der Waals surface area contributed by atoms with Gasteiger partial charge in [-0.15, -0.1) is 17.0 Å². The summed E-state index contributed by atoms with van der Waals surface area (Å²) in [5, 5.41) is 0. The van der Waals surface area contributed by atoms with Crippen LogP contribution < -0.4 is 4.74 Å². The van der Waals surface area contributed by atoms with Crippen LogP contribution in [0.2, 0.25) is 0 Å². The van der Waals surface area contributed by atoms with E-state index in [-0.39, 0.29) is 23.0 Å². The molecule has 0 bridgehead atoms. The van der Waals surface area contributed by atoms with Crippen LogP contribution in [0.1, 0.15) is 12.5 Å². The quantitative estimate of drug-likeness (QED) is 0.589. The van der Waals surface area contributed by atoms with E-state index in [2.05, 4.69) is 6.58 Å². The molecule has 0 amide bonds. The first kappa shape index (κ1) is 11.9. The molecule has 0 radical (unpaired) electrons. The van der Waals surface area contributed by atoms with E-state index in [1.54, 1.807) is 18.2 Å². The van der Waals surface area contributed by atoms with Crippen molar-refractivity contribution in [3.63, 3.8) is 0 Å². The van der Waals surface area contributed by atoms with Crippen LogP contribution in [0.25, 0.3) is 6.08 Å². The van der Waals surface area contributed by atoms with Gasteiger partial charge in [-0.1, -0.05) is 24.8 Å². The molecule has 0 aliphatic carbocycles. The number of hydrogen-bond donors (Lipinski definition) is 0. The fourth-order valence-electron chi connectivity index (χ4n) is 0.838. The third-order valence-corrected chi connectivity index (χ3v) is 1.38. The lowest BCUT2D eigenvalue weighted by atomic mass is 10.2. The SMILES string of the molecule is Br.C=Cc1ccc(OC(C)=O)cc1. The molecule has 0 aliphatic heterocycles. The number of halogens is 1. The zero-order valence-corrected chi connectivity index (χ0v) is 9.03. The van der Waals surface area contributed by atoms with Crippen LogP contribution >= 0.6 is 17.0 Å². The molecule has 0 unspecified atom stereocenters. The fraction of sp³-hybridized carbons (Fsp3) is 0.100. The molecule has 70 valence electrons. The minimum absolute atomic E-state index is 0. The highest BCUT2D eigenvalue weighted by atomic mass is 79.9. The molecule has 0 fully saturated rings. The molecule has 1 rings (SSSR count). The maximum absolute atomic E-state index is 10.5. The van der Waals surface area contributed by atoms with Crippen molar-refractivity contribution in [2.45, 2.75) is 6.92 Å². The first-order chi connectivity index (χ1) is 5.72. The van der Waals surface area contributed by atoms with Gasteiger partial charge in [0.1, 0.15) is 5.75 Å². The molecule has 13 heavy (non-hydrogen) atoms. The zero-order chi connectivity index (χ0) is 8.97. The summed E-state index contributed by atoms with van der Waals surface area (Å²) >= 11 is 0. The van der Waals surface area contributed by atoms with Crippen LogP contribution in [0.5, 0.6) is 5.75 Å². The third-order valence-electron chi connectivity index (χ3n) is 1.38. The summed E-state index contributed by atoms with van der Waals surface area (Å²) in [6, 6.07) is 7.15. The van der Waals surface area contributed by atoms with Crippen LogP contribution in [0, 0.1) is 0 Å². The molecule has 0 spiro atoms. The van der Waals surface area contributed by atoms with Crippen molar-refractivity contribution < 1.29 is 9.53 Å². The number of hydrogen-bond acceptors (Lipinski definition) is 2. The lowest BCUT2D eigenvalue weighted by Gasteiger charge is -1.99. The van der Waals surface area contributed by atoms with Crippen molar-refractivity contribution in [1.82, 2.24) is 0 Å². The average molecular weight is 243 g/mol. The Morgan fingerprint density at radius 1 is 1.38 bits per heavy atom. The van der Waals surface area contributed by atoms with E-state index < -0.39 is 0 Å². The predicted octanol–water partition coefficient (Wildman–Crippen LogP) is 2.83. The molecule has 0 aliphatic rings. The first-order valence-corrected chi connectivity index (χ1v) is 3.63. The molecular formula is C10H11BrO2. The van der Waals surface area contributed by atoms with Gasteiger partial charge >= 0.3 is 5.97 Å². The second kappa shape index (κ2) is 5.54. The van der Waals surface area contributed by atoms with Crippen molar-refractivity contribution in [3.05, 3.63) is 36.4 Å². The molecule has 0 heterocycles. The van der Waals surface area contributed by atoms with Gasteiger partial charge < -0.3 is 4.74 Å². The molecule has 0 N–H and O–H groups in total. The lowest BCUT2D eigenvalue weighted by molar-refractivity contribution is -0.131. The highest BCUT2D eigenvalue weighted by Crippen LogP contribution is 2.12. The van der Waals surface area contributed by atoms with E-state index in [4.69, 9.17) is 4.74 Å². The second-order valence-electron chi connectivity index (χ2n) is 2.37. The monoisotopic (exact) mass is 242 g/mol. The van der Waals surface area contributed by atoms with Gasteiger partial charge in [-0.3, -0.25) is 4.79 Å². The van der Waals surface area contributed by atoms with Crippen molar-refractivity contribution in [1.29, 1.82) is 0 Å². The average Bonchev–Trinajstić information content (AvgIpc) is 2.05. The molecular weight excluding hydrogens is 232 g/mol. The van der Waals surface area contributed by atoms with Gasteiger partial charge in [0, 0.05) is 6.92 Å². The van der Waals surface area contributed by atoms with Gasteiger partial charge in [0.15, 0.2) is 0 Å². The normalized spacial score (nSPS) is 8.38. The number of ether oxygens (including phenoxy) is 1. The topological polar surface area (TPSA) is 26.3 Å². The summed E-state index contributed by atoms with van der Waals surface area (Å²) in [4.78, 5) is 10.5. The number of esters is 1. The number of carbonyl (C=O) groups excluding carboxylic acids is 1. The minimum Gasteiger partial charge on any atom is -0.427 e. The molecule has 2 nitrogen and oxygen atoms in total. The molecule has 3 heteroatoms. The smallest absolute Gasteiger partial charge is 0.308 e. The molecule has 0 atom stereocenters. The number of carbonyl (C=O) groups is 1. The maximum Gasteiger partial charge on any atom is 0.308 e. The van der Waals surface area contributed by atoms with E-state index in [1.807, 2.05) is 12.1 Å². The standard InChI is InChI=1S/C10H10O2.BrH/c1-3-9-4-6-10(7-5-9)12-8(2)11;/h3-7H,1H2,2H3;1H. The summed E-state index contributed by atoms with van der Waals surface area (Å²) in [5.74, 6) is 0.259. The largest absolute Gasteiger partial charge is 0.427 e. The van der Waals surface area contributed by atoms with Crippen LogP contribution in [0.3, 0.4) is 0 Å². The Morgan fingerprint density at radius 2 is 1.92 bits per heavy atom. The van der Waals surface area contributed by atoms with Crippen molar-refractivity contribution in [2.24, 2.45) is 0 Å². The van der Waals surface area contributed by atoms with Gasteiger partial charge in [0.2, 0.25) is 0 Å². The van der Waals surface area contributed by atoms with E-state index >= 15 is 0 Å². The summed E-state index contributed by atoms with van der Waals surface area (Å²) < 4.78 is 4.84. The maximum atomic E-state index is 10.5. The number of benzene rings is 1. The van der Waals surface area contributed by atoms with Crippen LogP contribution in [0.15, 0.2) is 30.8 Å². The molecule has 1 aromatic rings. The number of rotatable bonds is 2. The molecule has 0 saturated carbocycles. The van der Waals surface area contributed by atoms with E-state index in [0.717, 1.165) is 5.56 Å². The summed E-state index contributed by atoms with van der Waals surface area (Å²) in [7, 11) is 0. The Morgan fingerprint density at radius 3 is 2.31 bits per heavy atom. The van der Waals surface area contributed by atoms with Gasteiger partial charge in [-0.05, 0) is 17.7 Å². The molecule has 0 saturated heterocycles. The van der Waals surface area contributed by atoms with E-state index in [0.29, 0.717) is 5.75 Å². The molecule has 0 aromatic heterocycles. The van der Waals surface area contributed by atoms with Crippen molar-refractivity contribution in [3.8, 4) is 5.75 Å². The summed E-state index contributed by atoms with van der Waals surface area (Å²) in [6.45, 7) is 4.99. The second-order valence-corrected chi connectivity index (χ2v) is 2.37. The molecule has 1 aromatic carbocycles. The summed E-state index contributed by atoms with van der Waals surface area (Å²) in [6.07, 6.45) is 1.73. The highest BCUT2D eigenvalue weighted by Gasteiger charge is 1.95. The minimum atomic E-state index is -0.304. The highest BCUT2D eigenvalue weighted by molar-refractivity contribution is 8.93. The fourth-order valence-corrected chi connectivity index (χ4v) is 0.838. The first-order valence-electron chi connectivity index (χ1n) is 3.63. The van der Waals surface area contributed by atoms with Crippen LogP contribution in [-0.2, 0) is 4.79 Å². The van der Waals surface area contributed by atoms with Crippen LogP contribution in [-0.4, -0.2) is 5.97 Å². The Labute approximate surface area is 88.0 Å². The van der Waals surface area contributed by atoms with Crippen LogP contribution in [0.4, 0.5) is 0 Å². The van der Waals surface area contributed by atoms with E-state index in [9.17, 15) is 4.79 Å². The van der Waals surface area contributed by atoms with Crippen molar-refractivity contribution in [2.75, 3.05) is 0 Å². The third kappa shape index (κ3) is 3.90. The zero-order valence-electron chi connectivity index (χ0n) is 7.32. The van der Waals surface area contributed by atoms with Crippen molar-refractivity contribution >= 4 is 29.0 Å². The van der Waals surface area contributed by atoms with Gasteiger partial charge in [-0.2, -0.15) is 0 Å². The Bertz CT molecular complexity index is 290. The lowest BCUT2D eigenvalue weighted by Crippen LogP contribution is -2.00. The van der Waals surface area contributed by atoms with Gasteiger partial charge in [0.05, 0.1) is 0 Å². The Hall–Kier alpha value is -1.09. The Balaban J connectivity index is 0.00000144.